The molecule has 1 amide bonds. The number of nitrogen functional groups attached to an aromatic ring is 1. The van der Waals surface area contributed by atoms with Crippen LogP contribution in [0.5, 0.6) is 0 Å². The van der Waals surface area contributed by atoms with Crippen LogP contribution in [-0.2, 0) is 23.0 Å². The Morgan fingerprint density at radius 2 is 1.68 bits per heavy atom. The first-order valence-corrected chi connectivity index (χ1v) is 14.1. The zero-order valence-electron chi connectivity index (χ0n) is 20.6. The van der Waals surface area contributed by atoms with Crippen LogP contribution in [0.2, 0.25) is 0 Å². The van der Waals surface area contributed by atoms with Gasteiger partial charge in [-0.1, -0.05) is 0 Å². The number of nitrogens with one attached hydrogen (secondary N) is 4. The third kappa shape index (κ3) is 11.9. The lowest BCUT2D eigenvalue weighted by Crippen LogP contribution is -2.41. The summed E-state index contributed by atoms with van der Waals surface area (Å²) in [7, 11) is -10.1. The number of aromatic nitrogens is 2. The van der Waals surface area contributed by atoms with E-state index in [0.29, 0.717) is 30.3 Å². The van der Waals surface area contributed by atoms with Crippen LogP contribution in [0.1, 0.15) is 23.2 Å². The number of phosphoric acid groups is 2. The number of fused-ring (bicyclic) bond motifs is 1. The van der Waals surface area contributed by atoms with Gasteiger partial charge in [-0.05, 0) is 30.7 Å². The number of aromatic amines is 1. The molecule has 22 heteroatoms. The maximum Gasteiger partial charge on any atom is 0.478 e. The van der Waals surface area contributed by atoms with Crippen molar-refractivity contribution in [1.82, 2.24) is 15.3 Å². The van der Waals surface area contributed by atoms with E-state index < -0.39 is 45.1 Å². The zero-order valence-corrected chi connectivity index (χ0v) is 22.4. The van der Waals surface area contributed by atoms with Crippen molar-refractivity contribution >= 4 is 62.3 Å². The molecule has 1 aromatic heterocycles. The molecule has 1 aliphatic heterocycles. The van der Waals surface area contributed by atoms with Gasteiger partial charge in [-0.25, -0.2) is 18.9 Å². The summed E-state index contributed by atoms with van der Waals surface area (Å²) in [5.74, 6) is -2.77. The van der Waals surface area contributed by atoms with Crippen molar-refractivity contribution in [2.24, 2.45) is 4.99 Å². The highest BCUT2D eigenvalue weighted by atomic mass is 31.3. The summed E-state index contributed by atoms with van der Waals surface area (Å²) in [5.41, 5.74) is 6.74. The lowest BCUT2D eigenvalue weighted by Gasteiger charge is -2.17. The van der Waals surface area contributed by atoms with Crippen LogP contribution < -0.4 is 27.2 Å². The molecular formula is C19H25N7O13P2. The SMILES string of the molecule is Nc1nc2c(c(=O)[nH]1)N=C(CNc1ccc(C(=O)NC(CCC(=O)O)C(=O)O)cc1)CN2.O=P(O)(O)OP(=O)(O)O. The number of hydrogen-bond acceptors (Lipinski definition) is 12. The molecule has 0 saturated carbocycles. The Hall–Kier alpha value is -4.16. The lowest BCUT2D eigenvalue weighted by atomic mass is 10.1. The molecule has 224 valence electrons. The molecule has 1 aliphatic rings. The van der Waals surface area contributed by atoms with Gasteiger partial charge in [0.05, 0.1) is 18.8 Å². The fourth-order valence-electron chi connectivity index (χ4n) is 3.05. The first-order chi connectivity index (χ1) is 18.9. The van der Waals surface area contributed by atoms with Gasteiger partial charge in [0.15, 0.2) is 11.5 Å². The number of carbonyl (C=O) groups is 3. The fourth-order valence-corrected chi connectivity index (χ4v) is 4.15. The van der Waals surface area contributed by atoms with Gasteiger partial charge >= 0.3 is 27.6 Å². The smallest absolute Gasteiger partial charge is 0.478 e. The number of carboxylic acid groups (broad SMARTS) is 2. The van der Waals surface area contributed by atoms with Crippen LogP contribution in [-0.4, -0.2) is 82.4 Å². The Bertz CT molecular complexity index is 1450. The molecule has 2 aromatic rings. The van der Waals surface area contributed by atoms with E-state index in [2.05, 4.69) is 35.2 Å². The number of amides is 1. The van der Waals surface area contributed by atoms with Crippen molar-refractivity contribution in [1.29, 1.82) is 0 Å². The Balaban J connectivity index is 0.000000564. The summed E-state index contributed by atoms with van der Waals surface area (Å²) in [5, 5.41) is 26.2. The Morgan fingerprint density at radius 1 is 1.07 bits per heavy atom. The monoisotopic (exact) mass is 621 g/mol. The molecule has 3 rings (SSSR count). The minimum absolute atomic E-state index is 0.00119. The molecule has 0 aliphatic carbocycles. The van der Waals surface area contributed by atoms with Crippen molar-refractivity contribution in [2.75, 3.05) is 29.5 Å². The number of aliphatic imine (C=N–C) groups is 1. The van der Waals surface area contributed by atoms with E-state index in [0.717, 1.165) is 0 Å². The molecule has 0 spiro atoms. The number of carboxylic acids is 2. The van der Waals surface area contributed by atoms with Gasteiger partial charge in [0.25, 0.3) is 11.5 Å². The van der Waals surface area contributed by atoms with E-state index >= 15 is 0 Å². The number of anilines is 3. The first-order valence-electron chi connectivity index (χ1n) is 11.1. The van der Waals surface area contributed by atoms with Crippen molar-refractivity contribution in [2.45, 2.75) is 18.9 Å². The van der Waals surface area contributed by atoms with Crippen LogP contribution in [0.15, 0.2) is 34.1 Å². The van der Waals surface area contributed by atoms with E-state index in [-0.39, 0.29) is 30.0 Å². The molecule has 0 bridgehead atoms. The van der Waals surface area contributed by atoms with Crippen LogP contribution in [0, 0.1) is 0 Å². The second-order valence-electron chi connectivity index (χ2n) is 7.97. The summed E-state index contributed by atoms with van der Waals surface area (Å²) < 4.78 is 22.2. The first kappa shape index (κ1) is 33.0. The van der Waals surface area contributed by atoms with Gasteiger partial charge < -0.3 is 51.5 Å². The van der Waals surface area contributed by atoms with Crippen LogP contribution in [0.25, 0.3) is 0 Å². The lowest BCUT2D eigenvalue weighted by molar-refractivity contribution is -0.140. The number of carbonyl (C=O) groups excluding carboxylic acids is 1. The van der Waals surface area contributed by atoms with Crippen molar-refractivity contribution in [3.05, 3.63) is 40.2 Å². The third-order valence-electron chi connectivity index (χ3n) is 4.75. The molecule has 20 nitrogen and oxygen atoms in total. The van der Waals surface area contributed by atoms with Crippen LogP contribution in [0.3, 0.4) is 0 Å². The number of H-pyrrole nitrogens is 1. The van der Waals surface area contributed by atoms with E-state index in [1.54, 1.807) is 12.1 Å². The summed E-state index contributed by atoms with van der Waals surface area (Å²) >= 11 is 0. The zero-order chi connectivity index (χ0) is 31.0. The number of rotatable bonds is 11. The van der Waals surface area contributed by atoms with Crippen molar-refractivity contribution in [3.8, 4) is 0 Å². The average molecular weight is 621 g/mol. The average Bonchev–Trinajstić information content (AvgIpc) is 2.83. The third-order valence-corrected chi connectivity index (χ3v) is 6.45. The second-order valence-corrected chi connectivity index (χ2v) is 10.6. The topological polar surface area (TPSA) is 336 Å². The van der Waals surface area contributed by atoms with Gasteiger partial charge in [0, 0.05) is 17.7 Å². The van der Waals surface area contributed by atoms with Crippen molar-refractivity contribution < 1.29 is 57.6 Å². The summed E-state index contributed by atoms with van der Waals surface area (Å²) in [6.07, 6.45) is -0.598. The van der Waals surface area contributed by atoms with E-state index in [1.165, 1.54) is 12.1 Å². The van der Waals surface area contributed by atoms with Gasteiger partial charge in [-0.3, -0.25) is 19.4 Å². The minimum atomic E-state index is -5.05. The van der Waals surface area contributed by atoms with Crippen LogP contribution in [0.4, 0.5) is 23.1 Å². The standard InChI is InChI=1S/C19H21N7O6.H4O7P2/c20-19-25-15-14(17(30)26-19)23-11(8-22-15)7-21-10-3-1-9(2-4-10)16(29)24-12(18(31)32)5-6-13(27)28;1-8(2,3)7-9(4,5)6/h1-4,12,21H,5-8H2,(H,24,29)(H,27,28)(H,31,32)(H4,20,22,25,26,30);(H2,1,2,3)(H2,4,5,6). The number of hydrogen-bond donors (Lipinski definition) is 11. The highest BCUT2D eigenvalue weighted by molar-refractivity contribution is 7.60. The largest absolute Gasteiger partial charge is 0.481 e. The maximum atomic E-state index is 12.3. The number of aliphatic carboxylic acids is 2. The fraction of sp³-hybridized carbons (Fsp3) is 0.263. The predicted octanol–water partition coefficient (Wildman–Crippen LogP) is -0.802. The van der Waals surface area contributed by atoms with Gasteiger partial charge in [0.2, 0.25) is 5.95 Å². The molecule has 41 heavy (non-hydrogen) atoms. The minimum Gasteiger partial charge on any atom is -0.481 e. The highest BCUT2D eigenvalue weighted by Gasteiger charge is 2.28. The molecule has 0 fully saturated rings. The maximum absolute atomic E-state index is 12.3. The Labute approximate surface area is 229 Å². The second kappa shape index (κ2) is 14.0. The van der Waals surface area contributed by atoms with E-state index in [1.807, 2.05) is 0 Å². The predicted molar refractivity (Wildman–Crippen MR) is 141 cm³/mol. The Kier molecular flexibility index (Phi) is 11.2. The molecule has 0 saturated heterocycles. The molecule has 1 atom stereocenters. The quantitative estimate of drug-likeness (QED) is 0.137. The van der Waals surface area contributed by atoms with E-state index in [9.17, 15) is 28.3 Å². The number of nitrogens with two attached hydrogens (primary N) is 1. The molecule has 1 unspecified atom stereocenters. The molecule has 12 N–H and O–H groups in total. The molecule has 2 heterocycles. The summed E-state index contributed by atoms with van der Waals surface area (Å²) in [4.78, 5) is 87.7. The van der Waals surface area contributed by atoms with Gasteiger partial charge in [0.1, 0.15) is 6.04 Å². The molecule has 0 radical (unpaired) electrons. The van der Waals surface area contributed by atoms with E-state index in [4.69, 9.17) is 35.5 Å². The summed E-state index contributed by atoms with van der Waals surface area (Å²) in [6, 6.07) is 4.95. The Morgan fingerprint density at radius 3 is 2.20 bits per heavy atom. The van der Waals surface area contributed by atoms with Crippen molar-refractivity contribution in [3.63, 3.8) is 0 Å². The summed E-state index contributed by atoms with van der Waals surface area (Å²) in [6.45, 7) is 0.682. The number of nitrogens with zero attached hydrogens (tertiary/aromatic N) is 2. The van der Waals surface area contributed by atoms with Gasteiger partial charge in [-0.15, -0.1) is 0 Å². The molecular weight excluding hydrogens is 596 g/mol. The number of benzene rings is 1. The highest BCUT2D eigenvalue weighted by Crippen LogP contribution is 2.53. The van der Waals surface area contributed by atoms with Crippen LogP contribution >= 0.6 is 15.6 Å². The normalized spacial score (nSPS) is 13.3. The van der Waals surface area contributed by atoms with Gasteiger partial charge in [-0.2, -0.15) is 9.29 Å². The molecule has 1 aromatic carbocycles.